The lowest BCUT2D eigenvalue weighted by molar-refractivity contribution is 0.00578. The molecule has 1 saturated heterocycles. The third-order valence-corrected chi connectivity index (χ3v) is 5.64. The second-order valence-electron chi connectivity index (χ2n) is 8.06. The lowest BCUT2D eigenvalue weighted by atomic mass is 9.85. The Kier molecular flexibility index (Phi) is 4.45. The number of aromatic nitrogens is 2. The van der Waals surface area contributed by atoms with Crippen molar-refractivity contribution in [2.45, 2.75) is 44.9 Å². The van der Waals surface area contributed by atoms with Gasteiger partial charge < -0.3 is 13.9 Å². The van der Waals surface area contributed by atoms with E-state index >= 15 is 0 Å². The Morgan fingerprint density at radius 1 is 0.815 bits per heavy atom. The quantitative estimate of drug-likeness (QED) is 0.664. The minimum Gasteiger partial charge on any atom is -0.398 e. The molecule has 0 N–H and O–H groups in total. The molecule has 0 atom stereocenters. The van der Waals surface area contributed by atoms with E-state index in [-0.39, 0.29) is 17.2 Å². The highest BCUT2D eigenvalue weighted by Gasteiger charge is 2.52. The normalized spacial score (nSPS) is 18.2. The van der Waals surface area contributed by atoms with E-state index < -0.39 is 7.12 Å². The molecule has 1 aliphatic rings. The fourth-order valence-corrected chi connectivity index (χ4v) is 3.39. The molecular formula is C22H25BN2O2. The monoisotopic (exact) mass is 360 g/mol. The minimum atomic E-state index is -0.455. The van der Waals surface area contributed by atoms with E-state index in [4.69, 9.17) is 9.31 Å². The molecule has 0 aliphatic carbocycles. The van der Waals surface area contributed by atoms with Crippen LogP contribution in [0, 0.1) is 0 Å². The van der Waals surface area contributed by atoms with Crippen LogP contribution in [-0.4, -0.2) is 27.9 Å². The summed E-state index contributed by atoms with van der Waals surface area (Å²) in [4.78, 5) is 4.61. The van der Waals surface area contributed by atoms with Gasteiger partial charge >= 0.3 is 7.12 Å². The molecule has 3 aromatic rings. The first-order valence-corrected chi connectivity index (χ1v) is 9.36. The van der Waals surface area contributed by atoms with Gasteiger partial charge in [-0.05, 0) is 38.8 Å². The number of benzene rings is 2. The Labute approximate surface area is 161 Å². The van der Waals surface area contributed by atoms with Gasteiger partial charge in [-0.15, -0.1) is 0 Å². The van der Waals surface area contributed by atoms with Gasteiger partial charge in [-0.3, -0.25) is 0 Å². The van der Waals surface area contributed by atoms with Crippen LogP contribution in [0.3, 0.4) is 0 Å². The number of nitrogens with zero attached hydrogens (tertiary/aromatic N) is 2. The van der Waals surface area contributed by atoms with Crippen molar-refractivity contribution in [3.8, 4) is 0 Å². The zero-order chi connectivity index (χ0) is 19.1. The van der Waals surface area contributed by atoms with E-state index in [0.717, 1.165) is 5.59 Å². The molecule has 0 bridgehead atoms. The van der Waals surface area contributed by atoms with Gasteiger partial charge in [-0.1, -0.05) is 60.7 Å². The van der Waals surface area contributed by atoms with Crippen LogP contribution in [0.15, 0.2) is 73.2 Å². The Balaban J connectivity index is 1.70. The van der Waals surface area contributed by atoms with Gasteiger partial charge in [0, 0.05) is 6.20 Å². The molecule has 27 heavy (non-hydrogen) atoms. The third-order valence-electron chi connectivity index (χ3n) is 5.64. The van der Waals surface area contributed by atoms with E-state index in [9.17, 15) is 0 Å². The van der Waals surface area contributed by atoms with E-state index in [1.165, 1.54) is 11.1 Å². The predicted molar refractivity (Wildman–Crippen MR) is 108 cm³/mol. The zero-order valence-electron chi connectivity index (χ0n) is 16.3. The highest BCUT2D eigenvalue weighted by Crippen LogP contribution is 2.36. The third kappa shape index (κ3) is 3.33. The molecule has 2 heterocycles. The lowest BCUT2D eigenvalue weighted by Gasteiger charge is -2.32. The van der Waals surface area contributed by atoms with Crippen LogP contribution in [0.2, 0.25) is 0 Å². The smallest absolute Gasteiger partial charge is 0.398 e. The van der Waals surface area contributed by atoms with Gasteiger partial charge in [0.25, 0.3) is 0 Å². The van der Waals surface area contributed by atoms with Gasteiger partial charge in [-0.2, -0.15) is 0 Å². The van der Waals surface area contributed by atoms with Gasteiger partial charge in [0.15, 0.2) is 0 Å². The van der Waals surface area contributed by atoms with Gasteiger partial charge in [0.05, 0.1) is 29.2 Å². The van der Waals surface area contributed by atoms with E-state index in [0.29, 0.717) is 0 Å². The van der Waals surface area contributed by atoms with Crippen molar-refractivity contribution in [1.29, 1.82) is 0 Å². The molecule has 5 heteroatoms. The first kappa shape index (κ1) is 18.0. The molecule has 0 unspecified atom stereocenters. The molecule has 1 fully saturated rings. The molecule has 138 valence electrons. The van der Waals surface area contributed by atoms with Crippen molar-refractivity contribution in [2.75, 3.05) is 0 Å². The van der Waals surface area contributed by atoms with Crippen LogP contribution in [0.1, 0.15) is 44.9 Å². The standard InChI is InChI=1S/C22H25BN2O2/c1-21(2)22(3,4)27-23(26-21)19-15-25(16-24-19)20(17-11-7-5-8-12-17)18-13-9-6-10-14-18/h5-16,20H,1-4H3. The maximum absolute atomic E-state index is 6.16. The molecular weight excluding hydrogens is 335 g/mol. The fourth-order valence-electron chi connectivity index (χ4n) is 3.39. The van der Waals surface area contributed by atoms with Crippen LogP contribution in [0.25, 0.3) is 0 Å². The molecule has 0 saturated carbocycles. The van der Waals surface area contributed by atoms with Crippen LogP contribution < -0.4 is 5.59 Å². The molecule has 4 nitrogen and oxygen atoms in total. The van der Waals surface area contributed by atoms with Crippen LogP contribution in [-0.2, 0) is 9.31 Å². The lowest BCUT2D eigenvalue weighted by Crippen LogP contribution is -2.41. The van der Waals surface area contributed by atoms with Crippen molar-refractivity contribution in [3.63, 3.8) is 0 Å². The average molecular weight is 360 g/mol. The molecule has 4 rings (SSSR count). The molecule has 0 amide bonds. The van der Waals surface area contributed by atoms with Gasteiger partial charge in [0.2, 0.25) is 0 Å². The average Bonchev–Trinajstić information content (AvgIpc) is 3.20. The SMILES string of the molecule is CC1(C)OB(c2cn(C(c3ccccc3)c3ccccc3)cn2)OC1(C)C. The topological polar surface area (TPSA) is 36.3 Å². The second kappa shape index (κ2) is 6.66. The van der Waals surface area contributed by atoms with Crippen LogP contribution in [0.4, 0.5) is 0 Å². The molecule has 0 spiro atoms. The van der Waals surface area contributed by atoms with Crippen LogP contribution in [0.5, 0.6) is 0 Å². The van der Waals surface area contributed by atoms with Crippen molar-refractivity contribution < 1.29 is 9.31 Å². The van der Waals surface area contributed by atoms with Crippen molar-refractivity contribution in [2.24, 2.45) is 0 Å². The predicted octanol–water partition coefficient (Wildman–Crippen LogP) is 3.82. The highest BCUT2D eigenvalue weighted by molar-refractivity contribution is 6.61. The van der Waals surface area contributed by atoms with E-state index in [1.807, 2.05) is 24.7 Å². The van der Waals surface area contributed by atoms with Crippen molar-refractivity contribution >= 4 is 12.7 Å². The Bertz CT molecular complexity index is 851. The van der Waals surface area contributed by atoms with Gasteiger partial charge in [-0.25, -0.2) is 4.98 Å². The second-order valence-corrected chi connectivity index (χ2v) is 8.06. The first-order valence-electron chi connectivity index (χ1n) is 9.36. The molecule has 0 radical (unpaired) electrons. The summed E-state index contributed by atoms with van der Waals surface area (Å²) in [5, 5.41) is 0. The maximum Gasteiger partial charge on any atom is 0.516 e. The minimum absolute atomic E-state index is 0.0519. The van der Waals surface area contributed by atoms with Crippen LogP contribution >= 0.6 is 0 Å². The fraction of sp³-hybridized carbons (Fsp3) is 0.318. The summed E-state index contributed by atoms with van der Waals surface area (Å²) in [7, 11) is -0.455. The summed E-state index contributed by atoms with van der Waals surface area (Å²) in [6, 6.07) is 21.0. The van der Waals surface area contributed by atoms with Crippen molar-refractivity contribution in [3.05, 3.63) is 84.3 Å². The summed E-state index contributed by atoms with van der Waals surface area (Å²) in [5.41, 5.74) is 2.47. The summed E-state index contributed by atoms with van der Waals surface area (Å²) < 4.78 is 14.4. The van der Waals surface area contributed by atoms with E-state index in [1.54, 1.807) is 0 Å². The summed E-state index contributed by atoms with van der Waals surface area (Å²) >= 11 is 0. The highest BCUT2D eigenvalue weighted by atomic mass is 16.7. The Morgan fingerprint density at radius 3 is 1.78 bits per heavy atom. The van der Waals surface area contributed by atoms with Gasteiger partial charge in [0.1, 0.15) is 0 Å². The Morgan fingerprint density at radius 2 is 1.30 bits per heavy atom. The number of hydrogen-bond acceptors (Lipinski definition) is 3. The number of hydrogen-bond donors (Lipinski definition) is 0. The number of rotatable bonds is 4. The zero-order valence-corrected chi connectivity index (χ0v) is 16.3. The summed E-state index contributed by atoms with van der Waals surface area (Å²) in [6.45, 7) is 8.23. The maximum atomic E-state index is 6.16. The number of imidazole rings is 1. The molecule has 2 aromatic carbocycles. The molecule has 1 aliphatic heterocycles. The summed E-state index contributed by atoms with van der Waals surface area (Å²) in [5.74, 6) is 0. The first-order chi connectivity index (χ1) is 12.9. The Hall–Kier alpha value is -2.37. The summed E-state index contributed by atoms with van der Waals surface area (Å²) in [6.07, 6.45) is 3.90. The van der Waals surface area contributed by atoms with Crippen molar-refractivity contribution in [1.82, 2.24) is 9.55 Å². The molecule has 1 aromatic heterocycles. The largest absolute Gasteiger partial charge is 0.516 e. The van der Waals surface area contributed by atoms with E-state index in [2.05, 4.69) is 85.8 Å².